The van der Waals surface area contributed by atoms with Crippen molar-refractivity contribution in [1.82, 2.24) is 0 Å². The molecule has 3 rings (SSSR count). The van der Waals surface area contributed by atoms with Gasteiger partial charge in [0.1, 0.15) is 17.7 Å². The summed E-state index contributed by atoms with van der Waals surface area (Å²) < 4.78 is 91.1. The van der Waals surface area contributed by atoms with Crippen molar-refractivity contribution in [3.05, 3.63) is 47.2 Å². The highest BCUT2D eigenvalue weighted by Crippen LogP contribution is 2.40. The maximum absolute atomic E-state index is 13.7. The highest BCUT2D eigenvalue weighted by atomic mass is 35.5. The van der Waals surface area contributed by atoms with Crippen molar-refractivity contribution >= 4 is 45.1 Å². The van der Waals surface area contributed by atoms with E-state index in [4.69, 9.17) is 16.3 Å². The maximum atomic E-state index is 13.7. The summed E-state index contributed by atoms with van der Waals surface area (Å²) in [5.74, 6) is -2.88. The molecule has 2 N–H and O–H groups in total. The predicted molar refractivity (Wildman–Crippen MR) is 128 cm³/mol. The predicted octanol–water partition coefficient (Wildman–Crippen LogP) is 5.44. The van der Waals surface area contributed by atoms with Gasteiger partial charge in [0.05, 0.1) is 28.1 Å². The summed E-state index contributed by atoms with van der Waals surface area (Å²) >= 11 is 5.77. The second-order valence-electron chi connectivity index (χ2n) is 9.03. The molecule has 0 saturated carbocycles. The van der Waals surface area contributed by atoms with E-state index in [0.29, 0.717) is 13.8 Å². The highest BCUT2D eigenvalue weighted by Gasteiger charge is 2.51. The number of hydrogen-bond acceptors (Lipinski definition) is 6. The molecule has 0 aliphatic carbocycles. The summed E-state index contributed by atoms with van der Waals surface area (Å²) in [4.78, 5) is 23.1. The van der Waals surface area contributed by atoms with E-state index in [2.05, 4.69) is 10.1 Å². The second-order valence-corrected chi connectivity index (χ2v) is 11.3. The van der Waals surface area contributed by atoms with E-state index < -0.39 is 56.7 Å². The zero-order chi connectivity index (χ0) is 28.6. The molecule has 2 aromatic carbocycles. The van der Waals surface area contributed by atoms with Crippen LogP contribution in [0, 0.1) is 11.7 Å². The zero-order valence-electron chi connectivity index (χ0n) is 20.2. The summed E-state index contributed by atoms with van der Waals surface area (Å²) in [7, 11) is -4.43. The van der Waals surface area contributed by atoms with Crippen molar-refractivity contribution < 1.29 is 50.1 Å². The van der Waals surface area contributed by atoms with Gasteiger partial charge in [0.2, 0.25) is 5.60 Å². The van der Waals surface area contributed by atoms with Gasteiger partial charge in [0, 0.05) is 5.69 Å². The third-order valence-electron chi connectivity index (χ3n) is 5.68. The summed E-state index contributed by atoms with van der Waals surface area (Å²) in [5, 5.41) is 10.9. The number of sulfonamides is 1. The van der Waals surface area contributed by atoms with Gasteiger partial charge in [-0.15, -0.1) is 0 Å². The number of anilines is 2. The number of aliphatic carboxylic acids is 1. The van der Waals surface area contributed by atoms with E-state index in [9.17, 15) is 40.7 Å². The van der Waals surface area contributed by atoms with Gasteiger partial charge < -0.3 is 14.6 Å². The first-order chi connectivity index (χ1) is 17.4. The van der Waals surface area contributed by atoms with Crippen LogP contribution in [0.5, 0.6) is 5.75 Å². The minimum absolute atomic E-state index is 0.00911. The van der Waals surface area contributed by atoms with E-state index in [0.717, 1.165) is 28.6 Å². The van der Waals surface area contributed by atoms with Crippen molar-refractivity contribution in [2.24, 2.45) is 5.92 Å². The standard InChI is InChI=1S/C23H23ClF4N2O7S/c1-12(20(31)32)8-14-11-30(38(34,35)15-5-6-17(25)16(24)10-15)18-9-13(4-7-19(18)36-14)29-21(33)37-22(2,3)23(26,27)28/h4-7,9-10,12,14H,8,11H2,1-3H3,(H,29,33)(H,31,32). The first-order valence-electron chi connectivity index (χ1n) is 11.0. The van der Waals surface area contributed by atoms with Crippen LogP contribution >= 0.6 is 11.6 Å². The van der Waals surface area contributed by atoms with Crippen LogP contribution in [0.3, 0.4) is 0 Å². The number of rotatable bonds is 7. The van der Waals surface area contributed by atoms with Gasteiger partial charge >= 0.3 is 18.2 Å². The van der Waals surface area contributed by atoms with Gasteiger partial charge in [-0.1, -0.05) is 18.5 Å². The average molecular weight is 583 g/mol. The van der Waals surface area contributed by atoms with Crippen LogP contribution in [-0.4, -0.2) is 50.0 Å². The van der Waals surface area contributed by atoms with Crippen molar-refractivity contribution in [3.63, 3.8) is 0 Å². The number of carbonyl (C=O) groups is 2. The Kier molecular flexibility index (Phi) is 8.08. The van der Waals surface area contributed by atoms with E-state index >= 15 is 0 Å². The lowest BCUT2D eigenvalue weighted by Crippen LogP contribution is -2.45. The Morgan fingerprint density at radius 2 is 1.89 bits per heavy atom. The molecule has 1 aliphatic rings. The fraction of sp³-hybridized carbons (Fsp3) is 0.391. The Labute approximate surface area is 220 Å². The summed E-state index contributed by atoms with van der Waals surface area (Å²) in [6, 6.07) is 6.38. The number of halogens is 5. The second kappa shape index (κ2) is 10.5. The third kappa shape index (κ3) is 6.23. The number of amides is 1. The Hall–Kier alpha value is -3.26. The van der Waals surface area contributed by atoms with Gasteiger partial charge in [-0.3, -0.25) is 14.4 Å². The number of alkyl halides is 3. The fourth-order valence-corrected chi connectivity index (χ4v) is 5.20. The van der Waals surface area contributed by atoms with Crippen molar-refractivity contribution in [3.8, 4) is 5.75 Å². The smallest absolute Gasteiger partial charge is 0.427 e. The molecule has 38 heavy (non-hydrogen) atoms. The topological polar surface area (TPSA) is 122 Å². The van der Waals surface area contributed by atoms with Crippen LogP contribution in [0.15, 0.2) is 41.3 Å². The Morgan fingerprint density at radius 1 is 1.24 bits per heavy atom. The molecule has 0 radical (unpaired) electrons. The molecule has 1 aliphatic heterocycles. The number of ether oxygens (including phenoxy) is 2. The number of benzene rings is 2. The largest absolute Gasteiger partial charge is 0.486 e. The van der Waals surface area contributed by atoms with Crippen LogP contribution in [0.4, 0.5) is 33.7 Å². The van der Waals surface area contributed by atoms with Crippen LogP contribution in [-0.2, 0) is 19.6 Å². The molecule has 2 atom stereocenters. The first kappa shape index (κ1) is 29.3. The third-order valence-corrected chi connectivity index (χ3v) is 7.75. The van der Waals surface area contributed by atoms with Crippen molar-refractivity contribution in [1.29, 1.82) is 0 Å². The van der Waals surface area contributed by atoms with Crippen molar-refractivity contribution in [2.45, 2.75) is 50.0 Å². The Morgan fingerprint density at radius 3 is 2.47 bits per heavy atom. The molecule has 9 nitrogen and oxygen atoms in total. The molecule has 15 heteroatoms. The number of carbonyl (C=O) groups excluding carboxylic acids is 1. The van der Waals surface area contributed by atoms with Crippen LogP contribution in [0.2, 0.25) is 5.02 Å². The molecular weight excluding hydrogens is 560 g/mol. The molecule has 0 spiro atoms. The molecule has 1 amide bonds. The van der Waals surface area contributed by atoms with E-state index in [-0.39, 0.29) is 35.0 Å². The maximum Gasteiger partial charge on any atom is 0.427 e. The molecule has 0 saturated heterocycles. The van der Waals surface area contributed by atoms with E-state index in [1.807, 2.05) is 0 Å². The number of nitrogens with one attached hydrogen (secondary N) is 1. The lowest BCUT2D eigenvalue weighted by Gasteiger charge is -2.36. The van der Waals surface area contributed by atoms with Gasteiger partial charge in [0.15, 0.2) is 0 Å². The fourth-order valence-electron chi connectivity index (χ4n) is 3.43. The minimum atomic E-state index is -4.85. The molecule has 0 bridgehead atoms. The normalized spacial score (nSPS) is 16.7. The number of carboxylic acid groups (broad SMARTS) is 1. The van der Waals surface area contributed by atoms with Gasteiger partial charge in [-0.05, 0) is 56.7 Å². The molecule has 2 unspecified atom stereocenters. The zero-order valence-corrected chi connectivity index (χ0v) is 21.7. The van der Waals surface area contributed by atoms with Crippen LogP contribution in [0.25, 0.3) is 0 Å². The lowest BCUT2D eigenvalue weighted by molar-refractivity contribution is -0.242. The number of fused-ring (bicyclic) bond motifs is 1. The minimum Gasteiger partial charge on any atom is -0.486 e. The average Bonchev–Trinajstić information content (AvgIpc) is 2.79. The summed E-state index contributed by atoms with van der Waals surface area (Å²) in [6.07, 6.45) is -7.27. The first-order valence-corrected chi connectivity index (χ1v) is 12.8. The molecular formula is C23H23ClF4N2O7S. The molecule has 0 aromatic heterocycles. The number of carboxylic acids is 1. The van der Waals surface area contributed by atoms with Crippen LogP contribution in [0.1, 0.15) is 27.2 Å². The van der Waals surface area contributed by atoms with Gasteiger partial charge in [-0.25, -0.2) is 17.6 Å². The lowest BCUT2D eigenvalue weighted by atomic mass is 10.0. The molecule has 1 heterocycles. The summed E-state index contributed by atoms with van der Waals surface area (Å²) in [5.41, 5.74) is -3.04. The number of hydrogen-bond donors (Lipinski definition) is 2. The summed E-state index contributed by atoms with van der Waals surface area (Å²) in [6.45, 7) is 2.37. The van der Waals surface area contributed by atoms with E-state index in [1.54, 1.807) is 0 Å². The van der Waals surface area contributed by atoms with Crippen molar-refractivity contribution in [2.75, 3.05) is 16.2 Å². The molecule has 208 valence electrons. The monoisotopic (exact) mass is 582 g/mol. The quantitative estimate of drug-likeness (QED) is 0.417. The van der Waals surface area contributed by atoms with Crippen LogP contribution < -0.4 is 14.4 Å². The Balaban J connectivity index is 1.99. The Bertz CT molecular complexity index is 1350. The van der Waals surface area contributed by atoms with Gasteiger partial charge in [0.25, 0.3) is 10.0 Å². The SMILES string of the molecule is CC(CC1CN(S(=O)(=O)c2ccc(F)c(Cl)c2)c2cc(NC(=O)OC(C)(C)C(F)(F)F)ccc2O1)C(=O)O. The van der Waals surface area contributed by atoms with Gasteiger partial charge in [-0.2, -0.15) is 13.2 Å². The molecule has 2 aromatic rings. The number of nitrogens with zero attached hydrogens (tertiary/aromatic N) is 1. The highest BCUT2D eigenvalue weighted by molar-refractivity contribution is 7.92. The van der Waals surface area contributed by atoms with E-state index in [1.165, 1.54) is 19.1 Å². The molecule has 0 fully saturated rings.